The van der Waals surface area contributed by atoms with Crippen molar-refractivity contribution in [2.75, 3.05) is 0 Å². The highest BCUT2D eigenvalue weighted by Gasteiger charge is 2.63. The first-order valence-electron chi connectivity index (χ1n) is 12.2. The molecule has 0 aromatic heterocycles. The van der Waals surface area contributed by atoms with Gasteiger partial charge in [-0.05, 0) is 85.4 Å². The van der Waals surface area contributed by atoms with Crippen LogP contribution in [-0.2, 0) is 9.59 Å². The zero-order valence-electron chi connectivity index (χ0n) is 19.7. The number of carbonyl (C=O) groups excluding carboxylic acids is 2. The molecule has 0 aliphatic heterocycles. The number of rotatable bonds is 4. The molecule has 0 heterocycles. The van der Waals surface area contributed by atoms with Crippen LogP contribution in [0.1, 0.15) is 106 Å². The van der Waals surface area contributed by atoms with Gasteiger partial charge in [-0.1, -0.05) is 52.7 Å². The summed E-state index contributed by atoms with van der Waals surface area (Å²) >= 11 is 0. The van der Waals surface area contributed by atoms with Crippen molar-refractivity contribution >= 4 is 12.1 Å². The van der Waals surface area contributed by atoms with Gasteiger partial charge < -0.3 is 4.79 Å². The van der Waals surface area contributed by atoms with Gasteiger partial charge in [0.1, 0.15) is 12.1 Å². The van der Waals surface area contributed by atoms with Crippen LogP contribution < -0.4 is 0 Å². The van der Waals surface area contributed by atoms with E-state index in [0.717, 1.165) is 31.5 Å². The summed E-state index contributed by atoms with van der Waals surface area (Å²) in [6.07, 6.45) is 12.2. The van der Waals surface area contributed by atoms with Crippen molar-refractivity contribution in [1.29, 1.82) is 0 Å². The second-order valence-electron chi connectivity index (χ2n) is 12.2. The Labute approximate surface area is 178 Å². The molecule has 0 aromatic rings. The zero-order valence-corrected chi connectivity index (χ0v) is 19.7. The Hall–Kier alpha value is -0.920. The van der Waals surface area contributed by atoms with Gasteiger partial charge in [-0.2, -0.15) is 0 Å². The van der Waals surface area contributed by atoms with E-state index in [1.807, 2.05) is 0 Å². The number of allylic oxidation sites excluding steroid dienone is 2. The second kappa shape index (κ2) is 6.79. The summed E-state index contributed by atoms with van der Waals surface area (Å²) in [7, 11) is 0. The van der Waals surface area contributed by atoms with Gasteiger partial charge in [-0.15, -0.1) is 0 Å². The summed E-state index contributed by atoms with van der Waals surface area (Å²) in [5.41, 5.74) is 4.26. The summed E-state index contributed by atoms with van der Waals surface area (Å²) in [4.78, 5) is 23.7. The summed E-state index contributed by atoms with van der Waals surface area (Å²) in [5, 5.41) is 0. The van der Waals surface area contributed by atoms with Gasteiger partial charge in [0, 0.05) is 18.3 Å². The maximum atomic E-state index is 12.7. The zero-order chi connectivity index (χ0) is 21.2. The minimum atomic E-state index is -0.172. The molecule has 6 atom stereocenters. The van der Waals surface area contributed by atoms with Crippen molar-refractivity contribution in [2.45, 2.75) is 106 Å². The van der Waals surface area contributed by atoms with Crippen molar-refractivity contribution in [3.63, 3.8) is 0 Å². The van der Waals surface area contributed by atoms with Crippen LogP contribution in [0.25, 0.3) is 0 Å². The van der Waals surface area contributed by atoms with Crippen LogP contribution in [0.4, 0.5) is 0 Å². The number of fused-ring (bicyclic) bond motifs is 4. The molecule has 0 radical (unpaired) electrons. The minimum Gasteiger partial charge on any atom is -0.303 e. The fourth-order valence-corrected chi connectivity index (χ4v) is 8.97. The van der Waals surface area contributed by atoms with Crippen molar-refractivity contribution in [1.82, 2.24) is 0 Å². The van der Waals surface area contributed by atoms with Gasteiger partial charge in [0.05, 0.1) is 0 Å². The van der Waals surface area contributed by atoms with Gasteiger partial charge >= 0.3 is 0 Å². The van der Waals surface area contributed by atoms with Gasteiger partial charge in [0.15, 0.2) is 0 Å². The molecular formula is C27H42O2. The lowest BCUT2D eigenvalue weighted by atomic mass is 9.43. The van der Waals surface area contributed by atoms with E-state index in [9.17, 15) is 9.59 Å². The highest BCUT2D eigenvalue weighted by atomic mass is 16.1. The van der Waals surface area contributed by atoms with Crippen molar-refractivity contribution in [3.8, 4) is 0 Å². The number of carbonyl (C=O) groups is 2. The number of hydrogen-bond donors (Lipinski definition) is 0. The number of Topliss-reactive ketones (excluding diaryl/α,β-unsaturated/α-hetero) is 1. The fraction of sp³-hybridized carbons (Fsp3) is 0.852. The first-order valence-corrected chi connectivity index (χ1v) is 12.2. The predicted molar refractivity (Wildman–Crippen MR) is 119 cm³/mol. The molecule has 0 saturated heterocycles. The molecule has 2 saturated carbocycles. The molecule has 0 aromatic carbocycles. The lowest BCUT2D eigenvalue weighted by Crippen LogP contribution is -2.53. The van der Waals surface area contributed by atoms with Crippen LogP contribution >= 0.6 is 0 Å². The van der Waals surface area contributed by atoms with Crippen molar-refractivity contribution in [2.24, 2.45) is 39.4 Å². The summed E-state index contributed by atoms with van der Waals surface area (Å²) in [5.74, 6) is 2.36. The van der Waals surface area contributed by atoms with E-state index in [1.54, 1.807) is 11.1 Å². The molecular weight excluding hydrogens is 356 g/mol. The summed E-state index contributed by atoms with van der Waals surface area (Å²) < 4.78 is 0. The number of hydrogen-bond acceptors (Lipinski definition) is 2. The molecule has 0 unspecified atom stereocenters. The summed E-state index contributed by atoms with van der Waals surface area (Å²) in [6, 6.07) is 0. The molecule has 0 amide bonds. The molecule has 0 N–H and O–H groups in total. The van der Waals surface area contributed by atoms with E-state index < -0.39 is 0 Å². The topological polar surface area (TPSA) is 34.1 Å². The Kier molecular flexibility index (Phi) is 4.99. The third-order valence-electron chi connectivity index (χ3n) is 11.0. The standard InChI is InChI=1S/C27H42O2/c1-18(8-7-17-28)19-11-15-27(6)21-9-10-22-24(2,3)23(29)13-14-25(22,4)20(21)12-16-26(19,27)5/h17-19,22H,7-16H2,1-6H3/t18-,19-,22+,25-,26-,27+/m1/s1. The molecule has 4 aliphatic carbocycles. The SMILES string of the molecule is C[C@H](CCC=O)[C@H]1CC[C@@]2(C)C3=C(CC[C@]12C)[C@@]1(C)CCC(=O)C(C)(C)[C@@H]1CC3. The first-order chi connectivity index (χ1) is 13.5. The Morgan fingerprint density at radius 3 is 2.38 bits per heavy atom. The third kappa shape index (κ3) is 2.72. The van der Waals surface area contributed by atoms with Crippen LogP contribution in [0.15, 0.2) is 11.1 Å². The average molecular weight is 399 g/mol. The highest BCUT2D eigenvalue weighted by molar-refractivity contribution is 5.85. The van der Waals surface area contributed by atoms with E-state index in [0.29, 0.717) is 34.9 Å². The van der Waals surface area contributed by atoms with Gasteiger partial charge in [0.2, 0.25) is 0 Å². The first kappa shape index (κ1) is 21.3. The quantitative estimate of drug-likeness (QED) is 0.380. The molecule has 2 nitrogen and oxygen atoms in total. The minimum absolute atomic E-state index is 0.172. The van der Waals surface area contributed by atoms with Crippen LogP contribution in [0.3, 0.4) is 0 Å². The van der Waals surface area contributed by atoms with E-state index in [2.05, 4.69) is 41.5 Å². The second-order valence-corrected chi connectivity index (χ2v) is 12.2. The van der Waals surface area contributed by atoms with Crippen molar-refractivity contribution < 1.29 is 9.59 Å². The number of ketones is 1. The maximum absolute atomic E-state index is 12.7. The smallest absolute Gasteiger partial charge is 0.138 e. The molecule has 4 aliphatic rings. The van der Waals surface area contributed by atoms with Crippen molar-refractivity contribution in [3.05, 3.63) is 11.1 Å². The lowest BCUT2D eigenvalue weighted by molar-refractivity contribution is -0.139. The molecule has 2 fully saturated rings. The molecule has 162 valence electrons. The lowest BCUT2D eigenvalue weighted by Gasteiger charge is -2.60. The van der Waals surface area contributed by atoms with E-state index in [4.69, 9.17) is 0 Å². The van der Waals surface area contributed by atoms with Crippen LogP contribution in [0.2, 0.25) is 0 Å². The molecule has 0 spiro atoms. The monoisotopic (exact) mass is 398 g/mol. The average Bonchev–Trinajstić information content (AvgIpc) is 2.95. The van der Waals surface area contributed by atoms with Crippen LogP contribution in [0.5, 0.6) is 0 Å². The summed E-state index contributed by atoms with van der Waals surface area (Å²) in [6.45, 7) is 14.5. The Balaban J connectivity index is 1.72. The number of aldehydes is 1. The maximum Gasteiger partial charge on any atom is 0.138 e. The Morgan fingerprint density at radius 2 is 1.69 bits per heavy atom. The van der Waals surface area contributed by atoms with Crippen LogP contribution in [0, 0.1) is 39.4 Å². The Morgan fingerprint density at radius 1 is 0.966 bits per heavy atom. The Bertz CT molecular complexity index is 746. The van der Waals surface area contributed by atoms with E-state index in [1.165, 1.54) is 38.5 Å². The predicted octanol–water partition coefficient (Wildman–Crippen LogP) is 6.92. The van der Waals surface area contributed by atoms with Gasteiger partial charge in [-0.3, -0.25) is 4.79 Å². The molecule has 2 heteroatoms. The van der Waals surface area contributed by atoms with E-state index >= 15 is 0 Å². The molecule has 29 heavy (non-hydrogen) atoms. The van der Waals surface area contributed by atoms with E-state index in [-0.39, 0.29) is 10.8 Å². The fourth-order valence-electron chi connectivity index (χ4n) is 8.97. The largest absolute Gasteiger partial charge is 0.303 e. The molecule has 0 bridgehead atoms. The molecule has 4 rings (SSSR count). The van der Waals surface area contributed by atoms with Gasteiger partial charge in [-0.25, -0.2) is 0 Å². The van der Waals surface area contributed by atoms with Crippen LogP contribution in [-0.4, -0.2) is 12.1 Å². The highest BCUT2D eigenvalue weighted by Crippen LogP contribution is 2.72. The third-order valence-corrected chi connectivity index (χ3v) is 11.0. The normalized spacial score (nSPS) is 44.7. The van der Waals surface area contributed by atoms with Gasteiger partial charge in [0.25, 0.3) is 0 Å².